The molecule has 1 unspecified atom stereocenters. The average Bonchev–Trinajstić information content (AvgIpc) is 3.11. The van der Waals surface area contributed by atoms with Gasteiger partial charge in [0, 0.05) is 23.8 Å². The van der Waals surface area contributed by atoms with E-state index in [1.54, 1.807) is 24.3 Å². The van der Waals surface area contributed by atoms with Gasteiger partial charge in [0.05, 0.1) is 5.92 Å². The van der Waals surface area contributed by atoms with Gasteiger partial charge in [0.25, 0.3) is 11.8 Å². The van der Waals surface area contributed by atoms with Gasteiger partial charge in [0.1, 0.15) is 0 Å². The van der Waals surface area contributed by atoms with Crippen molar-refractivity contribution in [2.24, 2.45) is 5.92 Å². The van der Waals surface area contributed by atoms with Crippen LogP contribution in [0.1, 0.15) is 32.4 Å². The molecule has 3 rings (SSSR count). The predicted octanol–water partition coefficient (Wildman–Crippen LogP) is 2.38. The molecule has 1 aliphatic heterocycles. The number of hydrogen-bond donors (Lipinski definition) is 2. The van der Waals surface area contributed by atoms with Gasteiger partial charge in [-0.25, -0.2) is 0 Å². The van der Waals surface area contributed by atoms with Crippen molar-refractivity contribution in [3.63, 3.8) is 0 Å². The minimum Gasteiger partial charge on any atom is -0.481 e. The van der Waals surface area contributed by atoms with Gasteiger partial charge in [0.2, 0.25) is 10.0 Å². The van der Waals surface area contributed by atoms with Gasteiger partial charge < -0.3 is 15.3 Å². The zero-order valence-corrected chi connectivity index (χ0v) is 15.1. The Hall–Kier alpha value is -2.52. The number of carbonyl (C=O) groups is 3. The first-order valence-electron chi connectivity index (χ1n) is 7.86. The fraction of sp³-hybridized carbons (Fsp3) is 0.312. The molecule has 1 atom stereocenters. The monoisotopic (exact) mass is 394 g/mol. The molecule has 0 saturated carbocycles. The molecule has 0 bridgehead atoms. The van der Waals surface area contributed by atoms with Gasteiger partial charge in [-0.3, -0.25) is 14.4 Å². The first kappa shape index (κ1) is 18.3. The van der Waals surface area contributed by atoms with E-state index in [-0.39, 0.29) is 16.6 Å². The van der Waals surface area contributed by atoms with Crippen LogP contribution in [-0.2, 0) is 4.79 Å². The Morgan fingerprint density at radius 1 is 1.27 bits per heavy atom. The minimum atomic E-state index is -0.915. The maximum atomic E-state index is 12.5. The van der Waals surface area contributed by atoms with Crippen LogP contribution in [0.25, 0.3) is 0 Å². The number of piperidine rings is 1. The quantitative estimate of drug-likeness (QED) is 0.823. The number of halogens is 1. The summed E-state index contributed by atoms with van der Waals surface area (Å²) in [4.78, 5) is 37.3. The SMILES string of the molecule is O=C(Nc1cccc(Cl)c1)c1nnc(C(=O)N2CCCC(C(=O)O)C2)s1. The van der Waals surface area contributed by atoms with Crippen LogP contribution < -0.4 is 5.32 Å². The topological polar surface area (TPSA) is 112 Å². The normalized spacial score (nSPS) is 17.0. The van der Waals surface area contributed by atoms with Crippen LogP contribution in [0.4, 0.5) is 5.69 Å². The molecule has 2 heterocycles. The molecular formula is C16H15ClN4O4S. The number of likely N-dealkylation sites (tertiary alicyclic amines) is 1. The van der Waals surface area contributed by atoms with E-state index in [0.717, 1.165) is 11.3 Å². The molecule has 0 aliphatic carbocycles. The molecule has 1 aliphatic rings. The third-order valence-corrected chi connectivity index (χ3v) is 5.09. The Balaban J connectivity index is 1.67. The number of anilines is 1. The van der Waals surface area contributed by atoms with Crippen molar-refractivity contribution in [1.29, 1.82) is 0 Å². The molecule has 0 radical (unpaired) electrons. The first-order valence-corrected chi connectivity index (χ1v) is 9.06. The van der Waals surface area contributed by atoms with E-state index in [2.05, 4.69) is 15.5 Å². The number of aromatic nitrogens is 2. The molecule has 2 N–H and O–H groups in total. The highest BCUT2D eigenvalue weighted by molar-refractivity contribution is 7.15. The van der Waals surface area contributed by atoms with Crippen molar-refractivity contribution in [3.05, 3.63) is 39.3 Å². The van der Waals surface area contributed by atoms with Gasteiger partial charge in [-0.2, -0.15) is 0 Å². The Morgan fingerprint density at radius 2 is 2.04 bits per heavy atom. The second-order valence-corrected chi connectivity index (χ2v) is 7.22. The fourth-order valence-electron chi connectivity index (χ4n) is 2.65. The van der Waals surface area contributed by atoms with Gasteiger partial charge >= 0.3 is 5.97 Å². The Labute approximate surface area is 157 Å². The maximum Gasteiger partial charge on any atom is 0.308 e. The molecule has 1 aromatic heterocycles. The van der Waals surface area contributed by atoms with E-state index in [1.807, 2.05) is 0 Å². The van der Waals surface area contributed by atoms with Crippen LogP contribution in [0.3, 0.4) is 0 Å². The summed E-state index contributed by atoms with van der Waals surface area (Å²) in [5.74, 6) is -2.39. The lowest BCUT2D eigenvalue weighted by molar-refractivity contribution is -0.143. The van der Waals surface area contributed by atoms with Crippen molar-refractivity contribution >= 4 is 46.4 Å². The number of rotatable bonds is 4. The average molecular weight is 395 g/mol. The summed E-state index contributed by atoms with van der Waals surface area (Å²) in [5, 5.41) is 19.9. The fourth-order valence-corrected chi connectivity index (χ4v) is 3.55. The summed E-state index contributed by atoms with van der Waals surface area (Å²) in [5.41, 5.74) is 0.505. The van der Waals surface area contributed by atoms with Crippen molar-refractivity contribution in [2.75, 3.05) is 18.4 Å². The zero-order chi connectivity index (χ0) is 18.7. The molecule has 2 amide bonds. The van der Waals surface area contributed by atoms with Crippen molar-refractivity contribution < 1.29 is 19.5 Å². The van der Waals surface area contributed by atoms with E-state index in [1.165, 1.54) is 4.90 Å². The summed E-state index contributed by atoms with van der Waals surface area (Å²) in [6.45, 7) is 0.601. The highest BCUT2D eigenvalue weighted by Crippen LogP contribution is 2.21. The van der Waals surface area contributed by atoms with Crippen LogP contribution in [0, 0.1) is 5.92 Å². The lowest BCUT2D eigenvalue weighted by atomic mass is 9.98. The number of benzene rings is 1. The number of carbonyl (C=O) groups excluding carboxylic acids is 2. The number of carboxylic acids is 1. The number of amides is 2. The standard InChI is InChI=1S/C16H15ClN4O4S/c17-10-4-1-5-11(7-10)18-12(22)13-19-20-14(26-13)15(23)21-6-2-3-9(8-21)16(24)25/h1,4-5,7,9H,2-3,6,8H2,(H,18,22)(H,24,25). The summed E-state index contributed by atoms with van der Waals surface area (Å²) in [7, 11) is 0. The number of hydrogen-bond acceptors (Lipinski definition) is 6. The molecule has 2 aromatic rings. The van der Waals surface area contributed by atoms with Crippen molar-refractivity contribution in [2.45, 2.75) is 12.8 Å². The summed E-state index contributed by atoms with van der Waals surface area (Å²) in [6, 6.07) is 6.65. The molecule has 0 spiro atoms. The van der Waals surface area contributed by atoms with E-state index >= 15 is 0 Å². The van der Waals surface area contributed by atoms with E-state index in [4.69, 9.17) is 16.7 Å². The van der Waals surface area contributed by atoms with Crippen LogP contribution >= 0.6 is 22.9 Å². The van der Waals surface area contributed by atoms with Crippen molar-refractivity contribution in [1.82, 2.24) is 15.1 Å². The largest absolute Gasteiger partial charge is 0.481 e. The van der Waals surface area contributed by atoms with Crippen LogP contribution in [0.15, 0.2) is 24.3 Å². The third kappa shape index (κ3) is 4.17. The number of nitrogens with one attached hydrogen (secondary N) is 1. The molecule has 136 valence electrons. The lowest BCUT2D eigenvalue weighted by Gasteiger charge is -2.29. The van der Waals surface area contributed by atoms with E-state index in [9.17, 15) is 14.4 Å². The molecule has 26 heavy (non-hydrogen) atoms. The van der Waals surface area contributed by atoms with Crippen LogP contribution in [-0.4, -0.2) is 51.1 Å². The predicted molar refractivity (Wildman–Crippen MR) is 95.6 cm³/mol. The smallest absolute Gasteiger partial charge is 0.308 e. The van der Waals surface area contributed by atoms with E-state index < -0.39 is 23.7 Å². The molecule has 1 saturated heterocycles. The number of aliphatic carboxylic acids is 1. The molecular weight excluding hydrogens is 380 g/mol. The summed E-state index contributed by atoms with van der Waals surface area (Å²) >= 11 is 6.74. The molecule has 1 aromatic carbocycles. The summed E-state index contributed by atoms with van der Waals surface area (Å²) in [6.07, 6.45) is 1.16. The highest BCUT2D eigenvalue weighted by Gasteiger charge is 2.30. The second-order valence-electron chi connectivity index (χ2n) is 5.81. The molecule has 1 fully saturated rings. The van der Waals surface area contributed by atoms with Crippen molar-refractivity contribution in [3.8, 4) is 0 Å². The molecule has 8 nitrogen and oxygen atoms in total. The Morgan fingerprint density at radius 3 is 2.77 bits per heavy atom. The van der Waals surface area contributed by atoms with Gasteiger partial charge in [0.15, 0.2) is 0 Å². The zero-order valence-electron chi connectivity index (χ0n) is 13.5. The van der Waals surface area contributed by atoms with Gasteiger partial charge in [-0.05, 0) is 31.0 Å². The maximum absolute atomic E-state index is 12.5. The van der Waals surface area contributed by atoms with Gasteiger partial charge in [-0.1, -0.05) is 29.0 Å². The summed E-state index contributed by atoms with van der Waals surface area (Å²) < 4.78 is 0. The van der Waals surface area contributed by atoms with Crippen LogP contribution in [0.5, 0.6) is 0 Å². The van der Waals surface area contributed by atoms with Gasteiger partial charge in [-0.15, -0.1) is 10.2 Å². The second kappa shape index (κ2) is 7.79. The third-order valence-electron chi connectivity index (χ3n) is 3.94. The number of nitrogens with zero attached hydrogens (tertiary/aromatic N) is 3. The Kier molecular flexibility index (Phi) is 5.48. The van der Waals surface area contributed by atoms with E-state index in [0.29, 0.717) is 30.1 Å². The highest BCUT2D eigenvalue weighted by atomic mass is 35.5. The molecule has 10 heteroatoms. The van der Waals surface area contributed by atoms with Crippen LogP contribution in [0.2, 0.25) is 5.02 Å². The number of carboxylic acid groups (broad SMARTS) is 1. The lowest BCUT2D eigenvalue weighted by Crippen LogP contribution is -2.42. The minimum absolute atomic E-state index is 0.0418. The first-order chi connectivity index (χ1) is 12.4. The Bertz CT molecular complexity index is 856.